The zero-order chi connectivity index (χ0) is 17.9. The first-order valence-electron chi connectivity index (χ1n) is 8.49. The van der Waals surface area contributed by atoms with Gasteiger partial charge in [-0.05, 0) is 22.4 Å². The number of ether oxygens (including phenoxy) is 2. The summed E-state index contributed by atoms with van der Waals surface area (Å²) in [4.78, 5) is 22.1. The minimum atomic E-state index is -0.129. The SMILES string of the molecule is COc1nccc(C(=O)N2CC(OCc3cccc4ccccc34)C2)n1. The molecule has 2 heterocycles. The van der Waals surface area contributed by atoms with Crippen LogP contribution in [0.3, 0.4) is 0 Å². The predicted octanol–water partition coefficient (Wildman–Crippen LogP) is 2.68. The molecule has 1 amide bonds. The molecular formula is C20H19N3O3. The number of fused-ring (bicyclic) bond motifs is 1. The van der Waals surface area contributed by atoms with Crippen molar-refractivity contribution in [3.63, 3.8) is 0 Å². The minimum Gasteiger partial charge on any atom is -0.467 e. The average Bonchev–Trinajstić information content (AvgIpc) is 2.66. The Kier molecular flexibility index (Phi) is 4.50. The highest BCUT2D eigenvalue weighted by Gasteiger charge is 2.32. The monoisotopic (exact) mass is 349 g/mol. The highest BCUT2D eigenvalue weighted by atomic mass is 16.5. The van der Waals surface area contributed by atoms with Gasteiger partial charge >= 0.3 is 6.01 Å². The molecule has 1 aliphatic heterocycles. The second-order valence-electron chi connectivity index (χ2n) is 6.21. The summed E-state index contributed by atoms with van der Waals surface area (Å²) in [6, 6.07) is 16.3. The smallest absolute Gasteiger partial charge is 0.316 e. The molecule has 3 aromatic rings. The number of hydrogen-bond donors (Lipinski definition) is 0. The van der Waals surface area contributed by atoms with Gasteiger partial charge in [0.2, 0.25) is 0 Å². The summed E-state index contributed by atoms with van der Waals surface area (Å²) in [5.41, 5.74) is 1.50. The molecule has 26 heavy (non-hydrogen) atoms. The number of nitrogens with zero attached hydrogens (tertiary/aromatic N) is 3. The highest BCUT2D eigenvalue weighted by molar-refractivity contribution is 5.93. The van der Waals surface area contributed by atoms with Gasteiger partial charge in [0.15, 0.2) is 0 Å². The third kappa shape index (κ3) is 3.23. The van der Waals surface area contributed by atoms with Crippen LogP contribution in [0.5, 0.6) is 6.01 Å². The average molecular weight is 349 g/mol. The molecule has 0 spiro atoms. The van der Waals surface area contributed by atoms with Gasteiger partial charge in [-0.3, -0.25) is 4.79 Å². The van der Waals surface area contributed by atoms with E-state index in [0.29, 0.717) is 25.4 Å². The molecule has 0 aliphatic carbocycles. The lowest BCUT2D eigenvalue weighted by Gasteiger charge is -2.38. The number of aromatic nitrogens is 2. The van der Waals surface area contributed by atoms with Crippen molar-refractivity contribution in [3.05, 3.63) is 66.0 Å². The van der Waals surface area contributed by atoms with Crippen LogP contribution in [-0.4, -0.2) is 47.1 Å². The van der Waals surface area contributed by atoms with Crippen LogP contribution in [0.2, 0.25) is 0 Å². The van der Waals surface area contributed by atoms with E-state index in [-0.39, 0.29) is 18.0 Å². The van der Waals surface area contributed by atoms with Gasteiger partial charge in [-0.25, -0.2) is 4.98 Å². The summed E-state index contributed by atoms with van der Waals surface area (Å²) in [6.45, 7) is 1.67. The molecular weight excluding hydrogens is 330 g/mol. The van der Waals surface area contributed by atoms with Crippen molar-refractivity contribution in [2.75, 3.05) is 20.2 Å². The van der Waals surface area contributed by atoms with Crippen molar-refractivity contribution in [2.45, 2.75) is 12.7 Å². The van der Waals surface area contributed by atoms with Gasteiger partial charge in [-0.1, -0.05) is 42.5 Å². The summed E-state index contributed by atoms with van der Waals surface area (Å²) in [7, 11) is 1.48. The number of hydrogen-bond acceptors (Lipinski definition) is 5. The molecule has 0 bridgehead atoms. The number of benzene rings is 2. The van der Waals surface area contributed by atoms with Gasteiger partial charge in [0.25, 0.3) is 5.91 Å². The van der Waals surface area contributed by atoms with Gasteiger partial charge < -0.3 is 14.4 Å². The fourth-order valence-corrected chi connectivity index (χ4v) is 3.06. The maximum atomic E-state index is 12.4. The van der Waals surface area contributed by atoms with Crippen molar-refractivity contribution in [1.82, 2.24) is 14.9 Å². The van der Waals surface area contributed by atoms with Crippen LogP contribution in [0.1, 0.15) is 16.1 Å². The molecule has 2 aromatic carbocycles. The number of carbonyl (C=O) groups excluding carboxylic acids is 1. The van der Waals surface area contributed by atoms with E-state index < -0.39 is 0 Å². The van der Waals surface area contributed by atoms with Gasteiger partial charge in [-0.2, -0.15) is 4.98 Å². The molecule has 1 aliphatic rings. The summed E-state index contributed by atoms with van der Waals surface area (Å²) >= 11 is 0. The maximum absolute atomic E-state index is 12.4. The van der Waals surface area contributed by atoms with Crippen LogP contribution in [0.15, 0.2) is 54.7 Å². The van der Waals surface area contributed by atoms with Crippen LogP contribution in [0, 0.1) is 0 Å². The second kappa shape index (κ2) is 7.09. The Morgan fingerprint density at radius 3 is 2.81 bits per heavy atom. The molecule has 6 nitrogen and oxygen atoms in total. The summed E-state index contributed by atoms with van der Waals surface area (Å²) in [5.74, 6) is -0.129. The van der Waals surface area contributed by atoms with Gasteiger partial charge in [0, 0.05) is 19.3 Å². The Morgan fingerprint density at radius 2 is 1.96 bits per heavy atom. The zero-order valence-corrected chi connectivity index (χ0v) is 14.5. The van der Waals surface area contributed by atoms with E-state index in [0.717, 1.165) is 5.56 Å². The number of methoxy groups -OCH3 is 1. The Labute approximate surface area is 151 Å². The van der Waals surface area contributed by atoms with Crippen molar-refractivity contribution in [1.29, 1.82) is 0 Å². The van der Waals surface area contributed by atoms with Crippen LogP contribution in [-0.2, 0) is 11.3 Å². The largest absolute Gasteiger partial charge is 0.467 e. The van der Waals surface area contributed by atoms with Gasteiger partial charge in [0.1, 0.15) is 5.69 Å². The first-order valence-corrected chi connectivity index (χ1v) is 8.49. The first-order chi connectivity index (χ1) is 12.7. The maximum Gasteiger partial charge on any atom is 0.316 e. The van der Waals surface area contributed by atoms with E-state index in [2.05, 4.69) is 34.2 Å². The second-order valence-corrected chi connectivity index (χ2v) is 6.21. The molecule has 132 valence electrons. The number of likely N-dealkylation sites (tertiary alicyclic amines) is 1. The molecule has 1 saturated heterocycles. The highest BCUT2D eigenvalue weighted by Crippen LogP contribution is 2.22. The van der Waals surface area contributed by atoms with Crippen LogP contribution < -0.4 is 4.74 Å². The van der Waals surface area contributed by atoms with E-state index >= 15 is 0 Å². The summed E-state index contributed by atoms with van der Waals surface area (Å²) < 4.78 is 10.9. The lowest BCUT2D eigenvalue weighted by atomic mass is 10.1. The Bertz CT molecular complexity index is 933. The Morgan fingerprint density at radius 1 is 1.15 bits per heavy atom. The third-order valence-corrected chi connectivity index (χ3v) is 4.52. The normalized spacial score (nSPS) is 14.3. The van der Waals surface area contributed by atoms with E-state index in [1.54, 1.807) is 11.0 Å². The summed E-state index contributed by atoms with van der Waals surface area (Å²) in [5, 5.41) is 2.41. The number of carbonyl (C=O) groups is 1. The van der Waals surface area contributed by atoms with Crippen LogP contribution in [0.4, 0.5) is 0 Å². The minimum absolute atomic E-state index is 0.0432. The fraction of sp³-hybridized carbons (Fsp3) is 0.250. The van der Waals surface area contributed by atoms with Gasteiger partial charge in [0.05, 0.1) is 19.8 Å². The zero-order valence-electron chi connectivity index (χ0n) is 14.5. The van der Waals surface area contributed by atoms with Crippen molar-refractivity contribution in [2.24, 2.45) is 0 Å². The standard InChI is InChI=1S/C20H19N3O3/c1-25-20-21-10-9-18(22-20)19(24)23-11-16(12-23)26-13-15-7-4-6-14-5-2-3-8-17(14)15/h2-10,16H,11-13H2,1H3. The molecule has 0 atom stereocenters. The topological polar surface area (TPSA) is 64.5 Å². The van der Waals surface area contributed by atoms with E-state index in [1.165, 1.54) is 24.1 Å². The lowest BCUT2D eigenvalue weighted by molar-refractivity contribution is -0.0502. The quantitative estimate of drug-likeness (QED) is 0.709. The molecule has 0 radical (unpaired) electrons. The third-order valence-electron chi connectivity index (χ3n) is 4.52. The van der Waals surface area contributed by atoms with E-state index in [9.17, 15) is 4.79 Å². The fourth-order valence-electron chi connectivity index (χ4n) is 3.06. The lowest BCUT2D eigenvalue weighted by Crippen LogP contribution is -2.54. The van der Waals surface area contributed by atoms with Crippen LogP contribution in [0.25, 0.3) is 10.8 Å². The molecule has 1 aromatic heterocycles. The Balaban J connectivity index is 1.34. The molecule has 0 N–H and O–H groups in total. The molecule has 6 heteroatoms. The number of amides is 1. The van der Waals surface area contributed by atoms with Crippen LogP contribution >= 0.6 is 0 Å². The molecule has 0 unspecified atom stereocenters. The van der Waals surface area contributed by atoms with E-state index in [4.69, 9.17) is 9.47 Å². The number of rotatable bonds is 5. The predicted molar refractivity (Wildman–Crippen MR) is 97.0 cm³/mol. The summed E-state index contributed by atoms with van der Waals surface area (Å²) in [6.07, 6.45) is 1.56. The van der Waals surface area contributed by atoms with Gasteiger partial charge in [-0.15, -0.1) is 0 Å². The molecule has 4 rings (SSSR count). The van der Waals surface area contributed by atoms with Crippen molar-refractivity contribution in [3.8, 4) is 6.01 Å². The molecule has 0 saturated carbocycles. The van der Waals surface area contributed by atoms with Crippen molar-refractivity contribution < 1.29 is 14.3 Å². The first kappa shape index (κ1) is 16.5. The Hall–Kier alpha value is -2.99. The molecule has 1 fully saturated rings. The van der Waals surface area contributed by atoms with Crippen molar-refractivity contribution >= 4 is 16.7 Å². The van der Waals surface area contributed by atoms with E-state index in [1.807, 2.05) is 18.2 Å².